The molecular weight excluding hydrogens is 456 g/mol. The van der Waals surface area contributed by atoms with Crippen molar-refractivity contribution in [1.29, 1.82) is 0 Å². The van der Waals surface area contributed by atoms with Gasteiger partial charge in [0, 0.05) is 6.07 Å². The van der Waals surface area contributed by atoms with Crippen molar-refractivity contribution in [3.05, 3.63) is 92.5 Å². The molecule has 0 heterocycles. The van der Waals surface area contributed by atoms with Crippen LogP contribution in [-0.4, -0.2) is 31.6 Å². The molecule has 0 aliphatic carbocycles. The molecule has 3 rings (SSSR count). The zero-order chi connectivity index (χ0) is 24.0. The Morgan fingerprint density at radius 1 is 0.939 bits per heavy atom. The summed E-state index contributed by atoms with van der Waals surface area (Å²) in [5, 5.41) is 25.9. The molecule has 0 amide bonds. The molecule has 0 saturated carbocycles. The van der Waals surface area contributed by atoms with Crippen LogP contribution in [0.2, 0.25) is 0 Å². The summed E-state index contributed by atoms with van der Waals surface area (Å²) in [6.45, 7) is 0. The summed E-state index contributed by atoms with van der Waals surface area (Å²) in [5.41, 5.74) is 1.91. The molecule has 1 N–H and O–H groups in total. The monoisotopic (exact) mass is 472 g/mol. The lowest BCUT2D eigenvalue weighted by Crippen LogP contribution is -2.10. The Balaban J connectivity index is 1.79. The van der Waals surface area contributed by atoms with E-state index in [1.165, 1.54) is 49.7 Å². The molecule has 0 spiro atoms. The number of ether oxygens (including phenoxy) is 1. The van der Waals surface area contributed by atoms with Crippen LogP contribution in [0.25, 0.3) is 0 Å². The number of benzene rings is 3. The van der Waals surface area contributed by atoms with Crippen molar-refractivity contribution < 1.29 is 27.2 Å². The van der Waals surface area contributed by atoms with Crippen LogP contribution in [0.1, 0.15) is 5.56 Å². The van der Waals surface area contributed by atoms with E-state index in [1.54, 1.807) is 18.2 Å². The number of rotatable bonds is 9. The highest BCUT2D eigenvalue weighted by Gasteiger charge is 2.20. The highest BCUT2D eigenvalue weighted by atomic mass is 32.2. The molecule has 0 aliphatic heterocycles. The van der Waals surface area contributed by atoms with E-state index in [2.05, 4.69) is 10.5 Å². The highest BCUT2D eigenvalue weighted by Crippen LogP contribution is 2.31. The van der Waals surface area contributed by atoms with Gasteiger partial charge in [-0.25, -0.2) is 0 Å². The van der Waals surface area contributed by atoms with Crippen molar-refractivity contribution >= 4 is 33.4 Å². The lowest BCUT2D eigenvalue weighted by molar-refractivity contribution is -0.393. The zero-order valence-corrected chi connectivity index (χ0v) is 17.8. The number of nitro benzene ring substituents is 2. The second kappa shape index (κ2) is 9.74. The van der Waals surface area contributed by atoms with E-state index >= 15 is 0 Å². The van der Waals surface area contributed by atoms with Crippen molar-refractivity contribution in [3.63, 3.8) is 0 Å². The van der Waals surface area contributed by atoms with Crippen LogP contribution in [0.15, 0.2) is 76.7 Å². The van der Waals surface area contributed by atoms with Gasteiger partial charge in [0.15, 0.2) is 11.5 Å². The average Bonchev–Trinajstić information content (AvgIpc) is 2.80. The number of methoxy groups -OCH3 is 1. The summed E-state index contributed by atoms with van der Waals surface area (Å²) < 4.78 is 35.2. The summed E-state index contributed by atoms with van der Waals surface area (Å²) >= 11 is 0. The van der Waals surface area contributed by atoms with Crippen LogP contribution in [-0.2, 0) is 10.1 Å². The van der Waals surface area contributed by atoms with Crippen LogP contribution in [0, 0.1) is 20.2 Å². The quantitative estimate of drug-likeness (QED) is 0.211. The van der Waals surface area contributed by atoms with E-state index in [1.807, 2.05) is 0 Å². The highest BCUT2D eigenvalue weighted by molar-refractivity contribution is 7.87. The Bertz CT molecular complexity index is 1330. The molecule has 170 valence electrons. The first-order valence-corrected chi connectivity index (χ1v) is 10.5. The topological polar surface area (TPSA) is 163 Å². The Kier molecular flexibility index (Phi) is 6.83. The maximum Gasteiger partial charge on any atom is 0.339 e. The number of nitrogens with one attached hydrogen (secondary N) is 1. The largest absolute Gasteiger partial charge is 0.493 e. The Labute approximate surface area is 187 Å². The second-order valence-electron chi connectivity index (χ2n) is 6.35. The van der Waals surface area contributed by atoms with E-state index in [0.29, 0.717) is 5.56 Å². The number of anilines is 1. The van der Waals surface area contributed by atoms with Gasteiger partial charge in [-0.05, 0) is 42.0 Å². The van der Waals surface area contributed by atoms with Crippen molar-refractivity contribution in [1.82, 2.24) is 0 Å². The van der Waals surface area contributed by atoms with E-state index < -0.39 is 31.3 Å². The minimum Gasteiger partial charge on any atom is -0.493 e. The number of hydrogen-bond donors (Lipinski definition) is 1. The zero-order valence-electron chi connectivity index (χ0n) is 16.9. The van der Waals surface area contributed by atoms with Gasteiger partial charge in [-0.2, -0.15) is 13.5 Å². The fourth-order valence-corrected chi connectivity index (χ4v) is 3.60. The first kappa shape index (κ1) is 23.1. The third kappa shape index (κ3) is 5.59. The maximum absolute atomic E-state index is 12.4. The fourth-order valence-electron chi connectivity index (χ4n) is 2.64. The molecule has 0 aromatic heterocycles. The predicted molar refractivity (Wildman–Crippen MR) is 118 cm³/mol. The van der Waals surface area contributed by atoms with Gasteiger partial charge in [-0.3, -0.25) is 25.7 Å². The fraction of sp³-hybridized carbons (Fsp3) is 0.0500. The second-order valence-corrected chi connectivity index (χ2v) is 7.89. The van der Waals surface area contributed by atoms with Crippen molar-refractivity contribution in [2.75, 3.05) is 12.5 Å². The summed E-state index contributed by atoms with van der Waals surface area (Å²) in [7, 11) is -2.74. The number of non-ortho nitro benzene ring substituents is 1. The van der Waals surface area contributed by atoms with Crippen molar-refractivity contribution in [2.24, 2.45) is 5.10 Å². The van der Waals surface area contributed by atoms with E-state index in [-0.39, 0.29) is 22.1 Å². The van der Waals surface area contributed by atoms with Gasteiger partial charge < -0.3 is 8.92 Å². The Morgan fingerprint density at radius 3 is 2.30 bits per heavy atom. The van der Waals surface area contributed by atoms with E-state index in [4.69, 9.17) is 8.92 Å². The maximum atomic E-state index is 12.4. The first-order chi connectivity index (χ1) is 15.7. The molecule has 0 atom stereocenters. The SMILES string of the molecule is COc1cc(/C=N\Nc2ccc([N+](=O)[O-])cc2[N+](=O)[O-])ccc1OS(=O)(=O)c1ccccc1. The standard InChI is InChI=1S/C20H16N4O8S/c1-31-20-11-14(7-10-19(20)32-33(29,30)16-5-3-2-4-6-16)13-21-22-17-9-8-15(23(25)26)12-18(17)24(27)28/h2-13,22H,1H3/b21-13-. The molecule has 12 nitrogen and oxygen atoms in total. The molecule has 3 aromatic carbocycles. The van der Waals surface area contributed by atoms with Gasteiger partial charge in [0.2, 0.25) is 0 Å². The molecule has 13 heteroatoms. The summed E-state index contributed by atoms with van der Waals surface area (Å²) in [5.74, 6) is 0.0669. The molecule has 0 radical (unpaired) electrons. The summed E-state index contributed by atoms with van der Waals surface area (Å²) in [4.78, 5) is 20.5. The third-order valence-electron chi connectivity index (χ3n) is 4.21. The van der Waals surface area contributed by atoms with Crippen LogP contribution in [0.5, 0.6) is 11.5 Å². The van der Waals surface area contributed by atoms with Gasteiger partial charge in [0.05, 0.1) is 29.2 Å². The molecule has 3 aromatic rings. The molecule has 0 fully saturated rings. The lowest BCUT2D eigenvalue weighted by atomic mass is 10.2. The minimum absolute atomic E-state index is 0.0217. The van der Waals surface area contributed by atoms with Crippen LogP contribution >= 0.6 is 0 Å². The molecule has 0 saturated heterocycles. The van der Waals surface area contributed by atoms with Crippen molar-refractivity contribution in [3.8, 4) is 11.5 Å². The first-order valence-electron chi connectivity index (χ1n) is 9.11. The smallest absolute Gasteiger partial charge is 0.339 e. The van der Waals surface area contributed by atoms with Crippen LogP contribution in [0.4, 0.5) is 17.1 Å². The van der Waals surface area contributed by atoms with Crippen LogP contribution < -0.4 is 14.3 Å². The number of nitrogens with zero attached hydrogens (tertiary/aromatic N) is 3. The van der Waals surface area contributed by atoms with Gasteiger partial charge >= 0.3 is 15.8 Å². The van der Waals surface area contributed by atoms with E-state index in [9.17, 15) is 28.6 Å². The Hall–Kier alpha value is -4.52. The lowest BCUT2D eigenvalue weighted by Gasteiger charge is -2.11. The average molecular weight is 472 g/mol. The molecule has 0 aliphatic rings. The van der Waals surface area contributed by atoms with Crippen molar-refractivity contribution in [2.45, 2.75) is 4.90 Å². The molecule has 0 unspecified atom stereocenters. The molecular formula is C20H16N4O8S. The number of hydrazone groups is 1. The molecule has 0 bridgehead atoms. The predicted octanol–water partition coefficient (Wildman–Crippen LogP) is 3.73. The minimum atomic E-state index is -4.07. The third-order valence-corrected chi connectivity index (χ3v) is 5.45. The normalized spacial score (nSPS) is 11.2. The summed E-state index contributed by atoms with van der Waals surface area (Å²) in [6, 6.07) is 15.0. The van der Waals surface area contributed by atoms with Crippen LogP contribution in [0.3, 0.4) is 0 Å². The number of nitro groups is 2. The number of hydrogen-bond acceptors (Lipinski definition) is 10. The summed E-state index contributed by atoms with van der Waals surface area (Å²) in [6.07, 6.45) is 1.29. The van der Waals surface area contributed by atoms with Gasteiger partial charge in [0.25, 0.3) is 5.69 Å². The van der Waals surface area contributed by atoms with E-state index in [0.717, 1.165) is 12.1 Å². The van der Waals surface area contributed by atoms with Gasteiger partial charge in [-0.15, -0.1) is 0 Å². The van der Waals surface area contributed by atoms with Gasteiger partial charge in [-0.1, -0.05) is 18.2 Å². The Morgan fingerprint density at radius 2 is 1.67 bits per heavy atom. The van der Waals surface area contributed by atoms with Gasteiger partial charge in [0.1, 0.15) is 10.6 Å². The molecule has 33 heavy (non-hydrogen) atoms.